The SMILES string of the molecule is CC.CC.O=C1CC=CC=N1. The second kappa shape index (κ2) is 11.8. The fourth-order valence-corrected chi connectivity index (χ4v) is 0.409. The Bertz CT molecular complexity index is 136. The molecule has 0 aromatic heterocycles. The van der Waals surface area contributed by atoms with Gasteiger partial charge in [-0.15, -0.1) is 0 Å². The van der Waals surface area contributed by atoms with Gasteiger partial charge >= 0.3 is 0 Å². The van der Waals surface area contributed by atoms with Crippen LogP contribution < -0.4 is 0 Å². The van der Waals surface area contributed by atoms with E-state index < -0.39 is 0 Å². The van der Waals surface area contributed by atoms with Gasteiger partial charge in [-0.25, -0.2) is 4.99 Å². The predicted molar refractivity (Wildman–Crippen MR) is 50.0 cm³/mol. The van der Waals surface area contributed by atoms with E-state index in [1.807, 2.05) is 27.7 Å². The summed E-state index contributed by atoms with van der Waals surface area (Å²) in [5.74, 6) is -0.0532. The molecule has 0 bridgehead atoms. The van der Waals surface area contributed by atoms with Gasteiger partial charge in [-0.2, -0.15) is 0 Å². The molecule has 0 saturated heterocycles. The molecular formula is C9H17NO. The summed E-state index contributed by atoms with van der Waals surface area (Å²) < 4.78 is 0. The molecule has 1 rings (SSSR count). The largest absolute Gasteiger partial charge is 0.272 e. The lowest BCUT2D eigenvalue weighted by Gasteiger charge is -1.88. The molecule has 0 unspecified atom stereocenters. The van der Waals surface area contributed by atoms with E-state index in [1.54, 1.807) is 12.2 Å². The Kier molecular flexibility index (Phi) is 13.7. The fourth-order valence-electron chi connectivity index (χ4n) is 0.409. The van der Waals surface area contributed by atoms with E-state index in [4.69, 9.17) is 0 Å². The summed E-state index contributed by atoms with van der Waals surface area (Å²) in [6.45, 7) is 8.00. The summed E-state index contributed by atoms with van der Waals surface area (Å²) in [5, 5.41) is 0. The Morgan fingerprint density at radius 3 is 2.00 bits per heavy atom. The van der Waals surface area contributed by atoms with Crippen LogP contribution in [0.5, 0.6) is 0 Å². The van der Waals surface area contributed by atoms with Crippen molar-refractivity contribution in [1.29, 1.82) is 0 Å². The first-order valence-electron chi connectivity index (χ1n) is 4.11. The Morgan fingerprint density at radius 1 is 1.27 bits per heavy atom. The summed E-state index contributed by atoms with van der Waals surface area (Å²) >= 11 is 0. The van der Waals surface area contributed by atoms with Crippen LogP contribution in [-0.2, 0) is 4.79 Å². The number of carbonyl (C=O) groups is 1. The van der Waals surface area contributed by atoms with Gasteiger partial charge in [-0.3, -0.25) is 4.79 Å². The number of hydrogen-bond donors (Lipinski definition) is 0. The maximum atomic E-state index is 10.2. The molecule has 11 heavy (non-hydrogen) atoms. The van der Waals surface area contributed by atoms with Gasteiger partial charge in [0.15, 0.2) is 0 Å². The molecule has 0 radical (unpaired) electrons. The molecule has 1 aliphatic heterocycles. The average Bonchev–Trinajstić information content (AvgIpc) is 2.13. The first-order chi connectivity index (χ1) is 5.39. The van der Waals surface area contributed by atoms with Crippen LogP contribution in [0.15, 0.2) is 17.1 Å². The molecule has 0 atom stereocenters. The van der Waals surface area contributed by atoms with E-state index in [0.29, 0.717) is 6.42 Å². The van der Waals surface area contributed by atoms with Crippen molar-refractivity contribution in [3.8, 4) is 0 Å². The summed E-state index contributed by atoms with van der Waals surface area (Å²) in [7, 11) is 0. The summed E-state index contributed by atoms with van der Waals surface area (Å²) in [6, 6.07) is 0. The van der Waals surface area contributed by atoms with Gasteiger partial charge in [-0.1, -0.05) is 33.8 Å². The van der Waals surface area contributed by atoms with Gasteiger partial charge < -0.3 is 0 Å². The molecule has 1 amide bonds. The smallest absolute Gasteiger partial charge is 0.249 e. The lowest BCUT2D eigenvalue weighted by atomic mass is 10.3. The Morgan fingerprint density at radius 2 is 1.82 bits per heavy atom. The van der Waals surface area contributed by atoms with Crippen LogP contribution in [0.1, 0.15) is 34.1 Å². The van der Waals surface area contributed by atoms with Crippen molar-refractivity contribution >= 4 is 12.1 Å². The van der Waals surface area contributed by atoms with E-state index >= 15 is 0 Å². The van der Waals surface area contributed by atoms with Gasteiger partial charge in [0.25, 0.3) is 0 Å². The molecule has 64 valence electrons. The maximum absolute atomic E-state index is 10.2. The van der Waals surface area contributed by atoms with Crippen molar-refractivity contribution in [2.24, 2.45) is 4.99 Å². The minimum absolute atomic E-state index is 0.0532. The van der Waals surface area contributed by atoms with Gasteiger partial charge in [0.2, 0.25) is 5.91 Å². The van der Waals surface area contributed by atoms with E-state index in [0.717, 1.165) is 0 Å². The monoisotopic (exact) mass is 155 g/mol. The van der Waals surface area contributed by atoms with Crippen LogP contribution in [0.4, 0.5) is 0 Å². The first-order valence-corrected chi connectivity index (χ1v) is 4.11. The van der Waals surface area contributed by atoms with Crippen LogP contribution in [0.3, 0.4) is 0 Å². The molecule has 2 heteroatoms. The molecule has 1 aliphatic rings. The third kappa shape index (κ3) is 9.08. The maximum Gasteiger partial charge on any atom is 0.249 e. The molecule has 1 heterocycles. The third-order valence-electron chi connectivity index (χ3n) is 0.733. The molecular weight excluding hydrogens is 138 g/mol. The van der Waals surface area contributed by atoms with Crippen molar-refractivity contribution in [2.75, 3.05) is 0 Å². The quantitative estimate of drug-likeness (QED) is 0.528. The zero-order valence-corrected chi connectivity index (χ0v) is 7.79. The first kappa shape index (κ1) is 12.7. The van der Waals surface area contributed by atoms with E-state index in [9.17, 15) is 4.79 Å². The van der Waals surface area contributed by atoms with Crippen LogP contribution in [0, 0.1) is 0 Å². The fraction of sp³-hybridized carbons (Fsp3) is 0.556. The minimum atomic E-state index is -0.0532. The summed E-state index contributed by atoms with van der Waals surface area (Å²) in [6.07, 6.45) is 5.53. The van der Waals surface area contributed by atoms with Gasteiger partial charge in [0.05, 0.1) is 0 Å². The summed E-state index contributed by atoms with van der Waals surface area (Å²) in [4.78, 5) is 13.7. The van der Waals surface area contributed by atoms with E-state index in [2.05, 4.69) is 4.99 Å². The molecule has 2 nitrogen and oxygen atoms in total. The highest BCUT2D eigenvalue weighted by Crippen LogP contribution is 1.90. The van der Waals surface area contributed by atoms with Crippen LogP contribution in [-0.4, -0.2) is 12.1 Å². The minimum Gasteiger partial charge on any atom is -0.272 e. The number of hydrogen-bond acceptors (Lipinski definition) is 1. The van der Waals surface area contributed by atoms with Crippen molar-refractivity contribution in [2.45, 2.75) is 34.1 Å². The average molecular weight is 155 g/mol. The van der Waals surface area contributed by atoms with Gasteiger partial charge in [-0.05, 0) is 6.08 Å². The second-order valence-electron chi connectivity index (χ2n) is 1.30. The molecule has 0 saturated carbocycles. The van der Waals surface area contributed by atoms with Crippen LogP contribution in [0.2, 0.25) is 0 Å². The van der Waals surface area contributed by atoms with Crippen LogP contribution >= 0.6 is 0 Å². The normalized spacial score (nSPS) is 12.5. The Labute approximate surface area is 69.0 Å². The predicted octanol–water partition coefficient (Wildman–Crippen LogP) is 2.60. The highest BCUT2D eigenvalue weighted by atomic mass is 16.1. The number of carbonyl (C=O) groups excluding carboxylic acids is 1. The van der Waals surface area contributed by atoms with Crippen molar-refractivity contribution in [3.05, 3.63) is 12.2 Å². The molecule has 0 aliphatic carbocycles. The lowest BCUT2D eigenvalue weighted by molar-refractivity contribution is -0.117. The number of allylic oxidation sites excluding steroid dienone is 1. The van der Waals surface area contributed by atoms with E-state index in [-0.39, 0.29) is 5.91 Å². The Hall–Kier alpha value is -0.920. The Balaban J connectivity index is 0. The number of nitrogens with zero attached hydrogens (tertiary/aromatic N) is 1. The highest BCUT2D eigenvalue weighted by molar-refractivity contribution is 5.92. The van der Waals surface area contributed by atoms with Crippen molar-refractivity contribution in [1.82, 2.24) is 0 Å². The molecule has 0 aromatic carbocycles. The van der Waals surface area contributed by atoms with Gasteiger partial charge in [0, 0.05) is 12.6 Å². The topological polar surface area (TPSA) is 29.4 Å². The zero-order valence-electron chi connectivity index (χ0n) is 7.79. The number of rotatable bonds is 0. The third-order valence-corrected chi connectivity index (χ3v) is 0.733. The number of aliphatic imine (C=N–C) groups is 1. The number of amides is 1. The van der Waals surface area contributed by atoms with Gasteiger partial charge in [0.1, 0.15) is 0 Å². The number of dihydropyridines is 1. The zero-order chi connectivity index (χ0) is 9.11. The molecule has 0 fully saturated rings. The standard InChI is InChI=1S/C5H5NO.2C2H6/c7-5-3-1-2-4-6-5;2*1-2/h1-2,4H,3H2;2*1-2H3. The van der Waals surface area contributed by atoms with E-state index in [1.165, 1.54) is 6.21 Å². The summed E-state index contributed by atoms with van der Waals surface area (Å²) in [5.41, 5.74) is 0. The lowest BCUT2D eigenvalue weighted by Crippen LogP contribution is -1.93. The molecule has 0 spiro atoms. The van der Waals surface area contributed by atoms with Crippen molar-refractivity contribution in [3.63, 3.8) is 0 Å². The highest BCUT2D eigenvalue weighted by Gasteiger charge is 1.93. The molecule has 0 N–H and O–H groups in total. The molecule has 0 aromatic rings. The second-order valence-corrected chi connectivity index (χ2v) is 1.30. The van der Waals surface area contributed by atoms with Crippen molar-refractivity contribution < 1.29 is 4.79 Å². The van der Waals surface area contributed by atoms with Crippen LogP contribution in [0.25, 0.3) is 0 Å².